The fourth-order valence-corrected chi connectivity index (χ4v) is 2.25. The summed E-state index contributed by atoms with van der Waals surface area (Å²) >= 11 is 5.26. The number of benzene rings is 1. The maximum Gasteiger partial charge on any atom is 0.132 e. The molecule has 0 aliphatic rings. The lowest BCUT2D eigenvalue weighted by Crippen LogP contribution is -2.12. The van der Waals surface area contributed by atoms with Crippen LogP contribution in [0.3, 0.4) is 0 Å². The molecule has 0 aliphatic carbocycles. The van der Waals surface area contributed by atoms with Gasteiger partial charge in [0, 0.05) is 5.69 Å². The predicted molar refractivity (Wildman–Crippen MR) is 79.6 cm³/mol. The molecule has 0 amide bonds. The van der Waals surface area contributed by atoms with Crippen molar-refractivity contribution in [3.8, 4) is 17.8 Å². The molecule has 2 rings (SSSR count). The van der Waals surface area contributed by atoms with E-state index < -0.39 is 0 Å². The molecular formula is C14H11N5S. The number of hydrogen-bond donors (Lipinski definition) is 2. The lowest BCUT2D eigenvalue weighted by Gasteiger charge is -2.15. The third-order valence-electron chi connectivity index (χ3n) is 2.97. The summed E-state index contributed by atoms with van der Waals surface area (Å²) in [5, 5.41) is 18.3. The summed E-state index contributed by atoms with van der Waals surface area (Å²) < 4.78 is 1.69. The zero-order valence-corrected chi connectivity index (χ0v) is 11.5. The van der Waals surface area contributed by atoms with E-state index in [2.05, 4.69) is 0 Å². The molecule has 5 nitrogen and oxygen atoms in total. The molecule has 1 aromatic carbocycles. The van der Waals surface area contributed by atoms with Crippen molar-refractivity contribution in [3.05, 3.63) is 45.6 Å². The van der Waals surface area contributed by atoms with Crippen molar-refractivity contribution in [1.82, 2.24) is 4.57 Å². The van der Waals surface area contributed by atoms with Crippen molar-refractivity contribution >= 4 is 23.7 Å². The van der Waals surface area contributed by atoms with Crippen LogP contribution >= 0.6 is 12.2 Å². The second kappa shape index (κ2) is 5.04. The van der Waals surface area contributed by atoms with E-state index >= 15 is 0 Å². The van der Waals surface area contributed by atoms with Gasteiger partial charge in [-0.3, -0.25) is 4.57 Å². The first-order valence-corrected chi connectivity index (χ1v) is 6.13. The molecule has 2 aromatic rings. The van der Waals surface area contributed by atoms with Crippen LogP contribution in [0, 0.1) is 34.2 Å². The first kappa shape index (κ1) is 13.6. The molecule has 1 aromatic heterocycles. The quantitative estimate of drug-likeness (QED) is 0.781. The zero-order chi connectivity index (χ0) is 14.9. The highest BCUT2D eigenvalue weighted by Gasteiger charge is 2.16. The van der Waals surface area contributed by atoms with Crippen molar-refractivity contribution in [1.29, 1.82) is 10.5 Å². The van der Waals surface area contributed by atoms with Gasteiger partial charge in [-0.15, -0.1) is 0 Å². The first-order valence-electron chi connectivity index (χ1n) is 5.72. The average Bonchev–Trinajstić information content (AvgIpc) is 2.42. The van der Waals surface area contributed by atoms with E-state index in [0.29, 0.717) is 5.69 Å². The first-order chi connectivity index (χ1) is 9.51. The summed E-state index contributed by atoms with van der Waals surface area (Å²) in [5.74, 6) is 0.137. The van der Waals surface area contributed by atoms with Crippen molar-refractivity contribution in [2.75, 3.05) is 11.5 Å². The number of rotatable bonds is 1. The lowest BCUT2D eigenvalue weighted by molar-refractivity contribution is 1.03. The van der Waals surface area contributed by atoms with Crippen molar-refractivity contribution < 1.29 is 0 Å². The smallest absolute Gasteiger partial charge is 0.132 e. The minimum atomic E-state index is 0.0286. The van der Waals surface area contributed by atoms with E-state index in [9.17, 15) is 0 Å². The Morgan fingerprint density at radius 3 is 2.10 bits per heavy atom. The van der Waals surface area contributed by atoms with Gasteiger partial charge in [0.15, 0.2) is 0 Å². The molecule has 4 N–H and O–H groups in total. The number of aromatic nitrogens is 1. The molecule has 0 fully saturated rings. The van der Waals surface area contributed by atoms with Crippen LogP contribution in [-0.4, -0.2) is 4.57 Å². The number of nitrogen functional groups attached to an aromatic ring is 2. The van der Waals surface area contributed by atoms with E-state index in [0.717, 1.165) is 5.56 Å². The molecule has 0 bridgehead atoms. The van der Waals surface area contributed by atoms with Crippen LogP contribution in [0.25, 0.3) is 5.69 Å². The van der Waals surface area contributed by atoms with E-state index in [4.69, 9.17) is 34.2 Å². The second-order valence-electron chi connectivity index (χ2n) is 4.25. The highest BCUT2D eigenvalue weighted by Crippen LogP contribution is 2.27. The second-order valence-corrected chi connectivity index (χ2v) is 4.64. The van der Waals surface area contributed by atoms with Gasteiger partial charge in [0.05, 0.1) is 5.69 Å². The molecule has 0 atom stereocenters. The number of aryl methyl sites for hydroxylation is 1. The van der Waals surface area contributed by atoms with Gasteiger partial charge in [-0.2, -0.15) is 10.5 Å². The van der Waals surface area contributed by atoms with Gasteiger partial charge >= 0.3 is 0 Å². The topological polar surface area (TPSA) is 105 Å². The molecule has 98 valence electrons. The molecule has 20 heavy (non-hydrogen) atoms. The van der Waals surface area contributed by atoms with Crippen LogP contribution in [0.4, 0.5) is 11.5 Å². The fraction of sp³-hybridized carbons (Fsp3) is 0.0714. The molecule has 0 saturated carbocycles. The number of pyridine rings is 1. The molecule has 1 heterocycles. The minimum Gasteiger partial charge on any atom is -0.396 e. The fourth-order valence-electron chi connectivity index (χ4n) is 1.89. The molecule has 0 spiro atoms. The summed E-state index contributed by atoms with van der Waals surface area (Å²) in [7, 11) is 0. The maximum absolute atomic E-state index is 9.17. The Morgan fingerprint density at radius 1 is 1.05 bits per heavy atom. The van der Waals surface area contributed by atoms with Crippen LogP contribution in [-0.2, 0) is 0 Å². The van der Waals surface area contributed by atoms with Gasteiger partial charge in [0.25, 0.3) is 0 Å². The number of nitrogens with two attached hydrogens (primary N) is 2. The summed E-state index contributed by atoms with van der Waals surface area (Å²) in [5.41, 5.74) is 13.7. The van der Waals surface area contributed by atoms with Crippen LogP contribution < -0.4 is 11.5 Å². The van der Waals surface area contributed by atoms with Crippen LogP contribution in [0.15, 0.2) is 24.3 Å². The van der Waals surface area contributed by atoms with Crippen LogP contribution in [0.5, 0.6) is 0 Å². The SMILES string of the molecule is Cc1ccc(-n2c(N)c(C#N)c(N)c(C#N)c2=S)cc1. The number of hydrogen-bond acceptors (Lipinski definition) is 5. The van der Waals surface area contributed by atoms with Crippen molar-refractivity contribution in [3.63, 3.8) is 0 Å². The van der Waals surface area contributed by atoms with Gasteiger partial charge < -0.3 is 11.5 Å². The monoisotopic (exact) mass is 281 g/mol. The Morgan fingerprint density at radius 2 is 1.60 bits per heavy atom. The molecule has 0 saturated heterocycles. The molecule has 6 heteroatoms. The Hall–Kier alpha value is -2.83. The highest BCUT2D eigenvalue weighted by molar-refractivity contribution is 7.71. The summed E-state index contributed by atoms with van der Waals surface area (Å²) in [6.07, 6.45) is 0. The Bertz CT molecular complexity index is 819. The number of nitriles is 2. The molecule has 0 radical (unpaired) electrons. The molecular weight excluding hydrogens is 270 g/mol. The molecule has 0 unspecified atom stereocenters. The van der Waals surface area contributed by atoms with E-state index in [1.807, 2.05) is 43.3 Å². The van der Waals surface area contributed by atoms with Gasteiger partial charge in [-0.05, 0) is 19.1 Å². The normalized spacial score (nSPS) is 9.75. The summed E-state index contributed by atoms with van der Waals surface area (Å²) in [6.45, 7) is 1.96. The van der Waals surface area contributed by atoms with E-state index in [1.165, 1.54) is 4.57 Å². The third kappa shape index (κ3) is 1.99. The standard InChI is InChI=1S/C14H11N5S/c1-8-2-4-9(5-3-8)19-13(18)10(6-15)12(17)11(7-16)14(19)20/h2-5H,17-18H2,1H3. The van der Waals surface area contributed by atoms with Gasteiger partial charge in [-0.1, -0.05) is 29.9 Å². The number of anilines is 2. The molecule has 0 aliphatic heterocycles. The Balaban J connectivity index is 2.91. The third-order valence-corrected chi connectivity index (χ3v) is 3.36. The zero-order valence-electron chi connectivity index (χ0n) is 10.7. The number of nitrogens with zero attached hydrogens (tertiary/aromatic N) is 3. The van der Waals surface area contributed by atoms with Gasteiger partial charge in [-0.25, -0.2) is 0 Å². The lowest BCUT2D eigenvalue weighted by atomic mass is 10.1. The maximum atomic E-state index is 9.17. The van der Waals surface area contributed by atoms with E-state index in [1.54, 1.807) is 0 Å². The Kier molecular flexibility index (Phi) is 3.43. The van der Waals surface area contributed by atoms with Crippen molar-refractivity contribution in [2.24, 2.45) is 0 Å². The summed E-state index contributed by atoms with van der Waals surface area (Å²) in [6, 6.07) is 11.3. The van der Waals surface area contributed by atoms with Crippen LogP contribution in [0.1, 0.15) is 16.7 Å². The van der Waals surface area contributed by atoms with Gasteiger partial charge in [0.1, 0.15) is 33.7 Å². The Labute approximate surface area is 121 Å². The van der Waals surface area contributed by atoms with Gasteiger partial charge in [0.2, 0.25) is 0 Å². The minimum absolute atomic E-state index is 0.0286. The van der Waals surface area contributed by atoms with E-state index in [-0.39, 0.29) is 27.3 Å². The highest BCUT2D eigenvalue weighted by atomic mass is 32.1. The average molecular weight is 281 g/mol. The van der Waals surface area contributed by atoms with Crippen molar-refractivity contribution in [2.45, 2.75) is 6.92 Å². The largest absolute Gasteiger partial charge is 0.396 e. The summed E-state index contributed by atoms with van der Waals surface area (Å²) in [4.78, 5) is 0. The van der Waals surface area contributed by atoms with Crippen LogP contribution in [0.2, 0.25) is 0 Å². The predicted octanol–water partition coefficient (Wildman–Crippen LogP) is 2.42.